The molecule has 0 aromatic carbocycles. The van der Waals surface area contributed by atoms with E-state index in [4.69, 9.17) is 4.74 Å². The number of halogens is 1. The normalized spacial score (nSPS) is 31.4. The maximum Gasteiger partial charge on any atom is 0.242 e. The number of hydrogen-bond donors (Lipinski definition) is 1. The van der Waals surface area contributed by atoms with Crippen molar-refractivity contribution in [1.82, 2.24) is 10.2 Å². The van der Waals surface area contributed by atoms with Gasteiger partial charge in [0.15, 0.2) is 0 Å². The molecule has 0 aromatic rings. The second-order valence-electron chi connectivity index (χ2n) is 5.98. The first-order chi connectivity index (χ1) is 8.62. The first-order valence-electron chi connectivity index (χ1n) is 7.20. The van der Waals surface area contributed by atoms with E-state index in [1.54, 1.807) is 0 Å². The number of carbonyl (C=O) groups excluding carboxylic acids is 1. The Kier molecular flexibility index (Phi) is 6.57. The monoisotopic (exact) mass is 290 g/mol. The molecule has 2 heterocycles. The zero-order chi connectivity index (χ0) is 13.0. The van der Waals surface area contributed by atoms with Crippen LogP contribution in [-0.2, 0) is 9.53 Å². The van der Waals surface area contributed by atoms with Gasteiger partial charge in [0.1, 0.15) is 0 Å². The molecule has 2 fully saturated rings. The van der Waals surface area contributed by atoms with Gasteiger partial charge in [0.2, 0.25) is 5.91 Å². The third-order valence-electron chi connectivity index (χ3n) is 4.22. The molecule has 19 heavy (non-hydrogen) atoms. The zero-order valence-electron chi connectivity index (χ0n) is 12.1. The van der Waals surface area contributed by atoms with Gasteiger partial charge in [-0.15, -0.1) is 12.4 Å². The molecule has 2 unspecified atom stereocenters. The molecular formula is C14H27ClN2O2. The Bertz CT molecular complexity index is 287. The SMILES string of the molecule is CN(CC1CCCOC1)C(=O)C1(C)CCCCN1.Cl. The quantitative estimate of drug-likeness (QED) is 0.862. The molecule has 2 atom stereocenters. The van der Waals surface area contributed by atoms with E-state index < -0.39 is 0 Å². The minimum atomic E-state index is -0.345. The van der Waals surface area contributed by atoms with Crippen molar-refractivity contribution >= 4 is 18.3 Å². The number of ether oxygens (including phenoxy) is 1. The van der Waals surface area contributed by atoms with Gasteiger partial charge in [0.05, 0.1) is 12.1 Å². The lowest BCUT2D eigenvalue weighted by Gasteiger charge is -2.38. The number of nitrogens with one attached hydrogen (secondary N) is 1. The van der Waals surface area contributed by atoms with Crippen molar-refractivity contribution in [2.45, 2.75) is 44.6 Å². The van der Waals surface area contributed by atoms with E-state index >= 15 is 0 Å². The highest BCUT2D eigenvalue weighted by Crippen LogP contribution is 2.22. The first kappa shape index (κ1) is 16.7. The lowest BCUT2D eigenvalue weighted by Crippen LogP contribution is -2.57. The van der Waals surface area contributed by atoms with E-state index in [0.717, 1.165) is 45.6 Å². The second-order valence-corrected chi connectivity index (χ2v) is 5.98. The Labute approximate surface area is 122 Å². The molecule has 0 aliphatic carbocycles. The number of carbonyl (C=O) groups is 1. The van der Waals surface area contributed by atoms with Gasteiger partial charge < -0.3 is 15.0 Å². The van der Waals surface area contributed by atoms with Crippen LogP contribution in [0.25, 0.3) is 0 Å². The number of nitrogens with zero attached hydrogens (tertiary/aromatic N) is 1. The smallest absolute Gasteiger partial charge is 0.242 e. The van der Waals surface area contributed by atoms with E-state index in [1.165, 1.54) is 12.8 Å². The zero-order valence-corrected chi connectivity index (χ0v) is 12.9. The third kappa shape index (κ3) is 4.33. The fourth-order valence-electron chi connectivity index (χ4n) is 3.08. The number of rotatable bonds is 3. The average Bonchev–Trinajstić information content (AvgIpc) is 2.40. The van der Waals surface area contributed by atoms with Crippen LogP contribution >= 0.6 is 12.4 Å². The predicted octanol–water partition coefficient (Wildman–Crippen LogP) is 1.83. The molecule has 5 heteroatoms. The Morgan fingerprint density at radius 3 is 2.79 bits per heavy atom. The minimum absolute atomic E-state index is 0. The van der Waals surface area contributed by atoms with Crippen molar-refractivity contribution in [1.29, 1.82) is 0 Å². The van der Waals surface area contributed by atoms with E-state index in [-0.39, 0.29) is 23.9 Å². The summed E-state index contributed by atoms with van der Waals surface area (Å²) >= 11 is 0. The summed E-state index contributed by atoms with van der Waals surface area (Å²) in [5.74, 6) is 0.757. The van der Waals surface area contributed by atoms with Crippen LogP contribution in [0.4, 0.5) is 0 Å². The summed E-state index contributed by atoms with van der Waals surface area (Å²) in [6.45, 7) is 5.52. The van der Waals surface area contributed by atoms with E-state index in [9.17, 15) is 4.79 Å². The molecule has 2 rings (SSSR count). The Balaban J connectivity index is 0.00000180. The molecule has 112 valence electrons. The van der Waals surface area contributed by atoms with Crippen LogP contribution in [0.15, 0.2) is 0 Å². The van der Waals surface area contributed by atoms with Gasteiger partial charge >= 0.3 is 0 Å². The van der Waals surface area contributed by atoms with Crippen LogP contribution in [-0.4, -0.2) is 49.7 Å². The molecule has 2 aliphatic rings. The van der Waals surface area contributed by atoms with Crippen LogP contribution < -0.4 is 5.32 Å². The van der Waals surface area contributed by atoms with Crippen molar-refractivity contribution in [2.24, 2.45) is 5.92 Å². The van der Waals surface area contributed by atoms with Crippen LogP contribution in [0.5, 0.6) is 0 Å². The van der Waals surface area contributed by atoms with Crippen LogP contribution in [0.3, 0.4) is 0 Å². The van der Waals surface area contributed by atoms with Gasteiger partial charge in [-0.2, -0.15) is 0 Å². The van der Waals surface area contributed by atoms with Crippen LogP contribution in [0.1, 0.15) is 39.0 Å². The van der Waals surface area contributed by atoms with E-state index in [2.05, 4.69) is 5.32 Å². The minimum Gasteiger partial charge on any atom is -0.381 e. The molecule has 2 saturated heterocycles. The summed E-state index contributed by atoms with van der Waals surface area (Å²) in [5.41, 5.74) is -0.345. The molecule has 0 bridgehead atoms. The molecule has 0 radical (unpaired) electrons. The standard InChI is InChI=1S/C14H26N2O2.ClH/c1-14(7-3-4-8-15-14)13(17)16(2)10-12-6-5-9-18-11-12;/h12,15H,3-11H2,1-2H3;1H. The number of amides is 1. The summed E-state index contributed by atoms with van der Waals surface area (Å²) in [6, 6.07) is 0. The van der Waals surface area contributed by atoms with Crippen molar-refractivity contribution in [3.05, 3.63) is 0 Å². The maximum absolute atomic E-state index is 12.5. The van der Waals surface area contributed by atoms with Gasteiger partial charge in [-0.25, -0.2) is 0 Å². The summed E-state index contributed by atoms with van der Waals surface area (Å²) in [7, 11) is 1.93. The molecule has 2 aliphatic heterocycles. The van der Waals surface area contributed by atoms with Gasteiger partial charge in [-0.1, -0.05) is 0 Å². The molecule has 4 nitrogen and oxygen atoms in total. The van der Waals surface area contributed by atoms with Gasteiger partial charge in [-0.3, -0.25) is 4.79 Å². The predicted molar refractivity (Wildman–Crippen MR) is 78.7 cm³/mol. The second kappa shape index (κ2) is 7.46. The fraction of sp³-hybridized carbons (Fsp3) is 0.929. The molecule has 0 aromatic heterocycles. The number of piperidine rings is 1. The van der Waals surface area contributed by atoms with Crippen molar-refractivity contribution in [2.75, 3.05) is 33.4 Å². The lowest BCUT2D eigenvalue weighted by molar-refractivity contribution is -0.138. The number of hydrogen-bond acceptors (Lipinski definition) is 3. The van der Waals surface area contributed by atoms with E-state index in [1.807, 2.05) is 18.9 Å². The van der Waals surface area contributed by atoms with Crippen molar-refractivity contribution < 1.29 is 9.53 Å². The molecular weight excluding hydrogens is 264 g/mol. The van der Waals surface area contributed by atoms with Gasteiger partial charge in [0.25, 0.3) is 0 Å². The van der Waals surface area contributed by atoms with E-state index in [0.29, 0.717) is 5.92 Å². The Hall–Kier alpha value is -0.320. The summed E-state index contributed by atoms with van der Waals surface area (Å²) in [4.78, 5) is 14.4. The summed E-state index contributed by atoms with van der Waals surface area (Å²) < 4.78 is 5.48. The van der Waals surface area contributed by atoms with Crippen LogP contribution in [0.2, 0.25) is 0 Å². The van der Waals surface area contributed by atoms with Gasteiger partial charge in [-0.05, 0) is 51.5 Å². The first-order valence-corrected chi connectivity index (χ1v) is 7.20. The van der Waals surface area contributed by atoms with Crippen molar-refractivity contribution in [3.8, 4) is 0 Å². The molecule has 1 N–H and O–H groups in total. The number of likely N-dealkylation sites (N-methyl/N-ethyl adjacent to an activating group) is 1. The lowest BCUT2D eigenvalue weighted by atomic mass is 9.89. The van der Waals surface area contributed by atoms with Crippen LogP contribution in [0, 0.1) is 5.92 Å². The van der Waals surface area contributed by atoms with Gasteiger partial charge in [0, 0.05) is 20.2 Å². The highest BCUT2D eigenvalue weighted by molar-refractivity contribution is 5.86. The Morgan fingerprint density at radius 2 is 2.21 bits per heavy atom. The van der Waals surface area contributed by atoms with Crippen molar-refractivity contribution in [3.63, 3.8) is 0 Å². The molecule has 0 saturated carbocycles. The summed E-state index contributed by atoms with van der Waals surface area (Å²) in [6.07, 6.45) is 5.60. The summed E-state index contributed by atoms with van der Waals surface area (Å²) in [5, 5.41) is 3.39. The largest absolute Gasteiger partial charge is 0.381 e. The Morgan fingerprint density at radius 1 is 1.42 bits per heavy atom. The average molecular weight is 291 g/mol. The topological polar surface area (TPSA) is 41.6 Å². The highest BCUT2D eigenvalue weighted by Gasteiger charge is 2.36. The third-order valence-corrected chi connectivity index (χ3v) is 4.22. The molecule has 0 spiro atoms. The fourth-order valence-corrected chi connectivity index (χ4v) is 3.08. The maximum atomic E-state index is 12.5. The highest BCUT2D eigenvalue weighted by atomic mass is 35.5. The molecule has 1 amide bonds.